The van der Waals surface area contributed by atoms with Crippen LogP contribution in [0.1, 0.15) is 123 Å². The van der Waals surface area contributed by atoms with Crippen LogP contribution in [0.15, 0.2) is 85.3 Å². The van der Waals surface area contributed by atoms with Crippen LogP contribution < -0.4 is 16.4 Å². The molecule has 0 aliphatic carbocycles. The first-order chi connectivity index (χ1) is 24.8. The first-order valence-electron chi connectivity index (χ1n) is 18.7. The molecule has 2 heterocycles. The van der Waals surface area contributed by atoms with Crippen molar-refractivity contribution in [3.05, 3.63) is 96.5 Å². The molecule has 0 aliphatic heterocycles. The van der Waals surface area contributed by atoms with Crippen molar-refractivity contribution in [1.82, 2.24) is 20.3 Å². The third-order valence-corrected chi connectivity index (χ3v) is 8.31. The molecule has 2 unspecified atom stereocenters. The summed E-state index contributed by atoms with van der Waals surface area (Å²) >= 11 is 0. The Kier molecular flexibility index (Phi) is 23.7. The summed E-state index contributed by atoms with van der Waals surface area (Å²) in [7, 11) is 1.50. The zero-order valence-electron chi connectivity index (χ0n) is 32.3. The Hall–Kier alpha value is -4.56. The highest BCUT2D eigenvalue weighted by molar-refractivity contribution is 5.91. The van der Waals surface area contributed by atoms with Crippen molar-refractivity contribution in [1.29, 1.82) is 0 Å². The maximum atomic E-state index is 10.1. The lowest BCUT2D eigenvalue weighted by atomic mass is 10.0. The van der Waals surface area contributed by atoms with Crippen LogP contribution in [0.2, 0.25) is 0 Å². The number of H-pyrrole nitrogens is 1. The van der Waals surface area contributed by atoms with Gasteiger partial charge in [0.1, 0.15) is 30.4 Å². The maximum Gasteiger partial charge on any atom is 0.143 e. The fraction of sp³-hybridized carbons (Fsp3) is 0.442. The number of benzene rings is 2. The SMILES string of the molecule is C=C(CCCCCCC)N/C(=C\C)c1ccc(-c2cc3c(NC(C)c4ccccc4)ncnc3[nH]2)cc1.CCC=O.CCCC(C=O)CC.CN. The Labute approximate surface area is 307 Å². The van der Waals surface area contributed by atoms with Gasteiger partial charge in [-0.15, -0.1) is 0 Å². The van der Waals surface area contributed by atoms with Crippen LogP contribution in [0.25, 0.3) is 28.0 Å². The molecule has 8 nitrogen and oxygen atoms in total. The number of nitrogens with zero attached hydrogens (tertiary/aromatic N) is 2. The van der Waals surface area contributed by atoms with Crippen molar-refractivity contribution in [2.24, 2.45) is 11.7 Å². The monoisotopic (exact) mass is 697 g/mol. The molecule has 4 rings (SSSR count). The fourth-order valence-electron chi connectivity index (χ4n) is 5.31. The molecule has 51 heavy (non-hydrogen) atoms. The minimum atomic E-state index is 0.134. The van der Waals surface area contributed by atoms with E-state index in [0.29, 0.717) is 12.3 Å². The average Bonchev–Trinajstić information content (AvgIpc) is 3.63. The number of carbonyl (C=O) groups is 2. The molecule has 4 aromatic rings. The normalized spacial score (nSPS) is 11.7. The van der Waals surface area contributed by atoms with Gasteiger partial charge in [0.05, 0.1) is 5.39 Å². The van der Waals surface area contributed by atoms with Crippen LogP contribution in [0, 0.1) is 5.92 Å². The van der Waals surface area contributed by atoms with Crippen molar-refractivity contribution in [2.45, 2.75) is 112 Å². The van der Waals surface area contributed by atoms with Crippen LogP contribution in [0.3, 0.4) is 0 Å². The Morgan fingerprint density at radius 1 is 0.922 bits per heavy atom. The fourth-order valence-corrected chi connectivity index (χ4v) is 5.31. The van der Waals surface area contributed by atoms with Gasteiger partial charge in [0.25, 0.3) is 0 Å². The number of unbranched alkanes of at least 4 members (excludes halogenated alkanes) is 4. The lowest BCUT2D eigenvalue weighted by molar-refractivity contribution is -0.111. The summed E-state index contributed by atoms with van der Waals surface area (Å²) in [5.74, 6) is 1.15. The summed E-state index contributed by atoms with van der Waals surface area (Å²) in [6.07, 6.45) is 16.8. The summed E-state index contributed by atoms with van der Waals surface area (Å²) < 4.78 is 0. The lowest BCUT2D eigenvalue weighted by Crippen LogP contribution is -2.11. The molecule has 0 saturated carbocycles. The van der Waals surface area contributed by atoms with Gasteiger partial charge in [-0.1, -0.05) is 127 Å². The molecule has 5 N–H and O–H groups in total. The second kappa shape index (κ2) is 27.2. The van der Waals surface area contributed by atoms with Crippen LogP contribution >= 0.6 is 0 Å². The van der Waals surface area contributed by atoms with E-state index in [2.05, 4.69) is 133 Å². The topological polar surface area (TPSA) is 126 Å². The highest BCUT2D eigenvalue weighted by Gasteiger charge is 2.13. The van der Waals surface area contributed by atoms with E-state index in [9.17, 15) is 9.59 Å². The Morgan fingerprint density at radius 3 is 2.14 bits per heavy atom. The highest BCUT2D eigenvalue weighted by Crippen LogP contribution is 2.29. The summed E-state index contributed by atoms with van der Waals surface area (Å²) in [6.45, 7) is 16.7. The summed E-state index contributed by atoms with van der Waals surface area (Å²) in [5, 5.41) is 8.05. The van der Waals surface area contributed by atoms with Crippen molar-refractivity contribution in [3.63, 3.8) is 0 Å². The molecule has 278 valence electrons. The molecular formula is C43H64N6O2. The zero-order chi connectivity index (χ0) is 37.9. The van der Waals surface area contributed by atoms with Crippen molar-refractivity contribution in [2.75, 3.05) is 12.4 Å². The number of allylic oxidation sites excluding steroid dienone is 2. The minimum absolute atomic E-state index is 0.134. The first kappa shape index (κ1) is 44.5. The quantitative estimate of drug-likeness (QED) is 0.0602. The number of hydrogen-bond donors (Lipinski definition) is 4. The number of nitrogens with two attached hydrogens (primary N) is 1. The molecule has 0 amide bonds. The zero-order valence-corrected chi connectivity index (χ0v) is 32.3. The van der Waals surface area contributed by atoms with Gasteiger partial charge in [0.2, 0.25) is 0 Å². The van der Waals surface area contributed by atoms with Crippen LogP contribution in [0.4, 0.5) is 5.82 Å². The number of hydrogen-bond acceptors (Lipinski definition) is 7. The van der Waals surface area contributed by atoms with Gasteiger partial charge in [0.15, 0.2) is 0 Å². The molecule has 0 aliphatic rings. The maximum absolute atomic E-state index is 10.1. The Bertz CT molecular complexity index is 1550. The first-order valence-corrected chi connectivity index (χ1v) is 18.7. The van der Waals surface area contributed by atoms with E-state index in [1.165, 1.54) is 44.7 Å². The number of aromatic nitrogens is 3. The second-order valence-electron chi connectivity index (χ2n) is 12.3. The number of aldehydes is 2. The van der Waals surface area contributed by atoms with Crippen LogP contribution in [0.5, 0.6) is 0 Å². The molecule has 0 radical (unpaired) electrons. The van der Waals surface area contributed by atoms with Gasteiger partial charge in [0, 0.05) is 35.5 Å². The smallest absolute Gasteiger partial charge is 0.143 e. The molecule has 0 saturated heterocycles. The number of carbonyl (C=O) groups excluding carboxylic acids is 2. The van der Waals surface area contributed by atoms with Crippen LogP contribution in [-0.4, -0.2) is 34.6 Å². The molecule has 0 spiro atoms. The van der Waals surface area contributed by atoms with E-state index in [4.69, 9.17) is 0 Å². The van der Waals surface area contributed by atoms with Crippen molar-refractivity contribution >= 4 is 35.1 Å². The highest BCUT2D eigenvalue weighted by atomic mass is 16.1. The van der Waals surface area contributed by atoms with E-state index in [-0.39, 0.29) is 6.04 Å². The number of anilines is 1. The summed E-state index contributed by atoms with van der Waals surface area (Å²) in [5.41, 5.74) is 12.0. The summed E-state index contributed by atoms with van der Waals surface area (Å²) in [6, 6.07) is 21.2. The molecule has 8 heteroatoms. The largest absolute Gasteiger partial charge is 0.363 e. The van der Waals surface area contributed by atoms with E-state index in [1.807, 2.05) is 13.0 Å². The van der Waals surface area contributed by atoms with Gasteiger partial charge in [-0.2, -0.15) is 0 Å². The molecular weight excluding hydrogens is 633 g/mol. The minimum Gasteiger partial charge on any atom is -0.363 e. The molecule has 2 aromatic carbocycles. The van der Waals surface area contributed by atoms with Gasteiger partial charge in [-0.25, -0.2) is 9.97 Å². The second-order valence-corrected chi connectivity index (χ2v) is 12.3. The van der Waals surface area contributed by atoms with Gasteiger partial charge < -0.3 is 30.9 Å². The molecule has 0 bridgehead atoms. The van der Waals surface area contributed by atoms with E-state index >= 15 is 0 Å². The standard InChI is InChI=1S/C32H39N5.C7H14O.C3H6O.CH5N/c1-5-7-8-9-11-14-23(3)35-29(6-2)26-17-19-27(20-18-26)30-21-28-31(33-22-34-32(28)37-30)36-24(4)25-15-12-10-13-16-25;1-3-5-7(4-2)6-8;1-2-3-4;1-2/h6,10,12-13,15-22,24,35H,3,5,7-9,11,14H2,1-2,4H3,(H2,33,34,36,37);6-7H,3-5H2,1-2H3;3H,2H2,1H3;2H2,1H3/b29-6-;;;. The Morgan fingerprint density at radius 2 is 1.59 bits per heavy atom. The predicted octanol–water partition coefficient (Wildman–Crippen LogP) is 10.8. The molecule has 2 aromatic heterocycles. The average molecular weight is 697 g/mol. The third kappa shape index (κ3) is 16.3. The van der Waals surface area contributed by atoms with Crippen molar-refractivity contribution in [3.8, 4) is 11.3 Å². The van der Waals surface area contributed by atoms with E-state index in [1.54, 1.807) is 6.33 Å². The van der Waals surface area contributed by atoms with Gasteiger partial charge in [-0.05, 0) is 69.3 Å². The number of rotatable bonds is 18. The predicted molar refractivity (Wildman–Crippen MR) is 218 cm³/mol. The summed E-state index contributed by atoms with van der Waals surface area (Å²) in [4.78, 5) is 31.8. The number of nitrogens with one attached hydrogen (secondary N) is 3. The van der Waals surface area contributed by atoms with E-state index in [0.717, 1.165) is 83.3 Å². The lowest BCUT2D eigenvalue weighted by Gasteiger charge is -2.15. The number of fused-ring (bicyclic) bond motifs is 1. The van der Waals surface area contributed by atoms with Gasteiger partial charge in [-0.3, -0.25) is 0 Å². The van der Waals surface area contributed by atoms with Crippen molar-refractivity contribution < 1.29 is 9.59 Å². The van der Waals surface area contributed by atoms with E-state index < -0.39 is 0 Å². The van der Waals surface area contributed by atoms with Gasteiger partial charge >= 0.3 is 0 Å². The molecule has 0 fully saturated rings. The molecule has 2 atom stereocenters. The van der Waals surface area contributed by atoms with Crippen LogP contribution in [-0.2, 0) is 9.59 Å². The third-order valence-electron chi connectivity index (χ3n) is 8.31. The Balaban J connectivity index is 0.000000792. The number of aromatic amines is 1.